The Morgan fingerprint density at radius 2 is 1.69 bits per heavy atom. The van der Waals surface area contributed by atoms with E-state index in [1.165, 1.54) is 11.1 Å². The molecule has 0 saturated carbocycles. The van der Waals surface area contributed by atoms with E-state index in [2.05, 4.69) is 46.2 Å². The van der Waals surface area contributed by atoms with Crippen LogP contribution < -0.4 is 4.74 Å². The average molecular weight is 374 g/mol. The van der Waals surface area contributed by atoms with Gasteiger partial charge in [0, 0.05) is 38.3 Å². The highest BCUT2D eigenvalue weighted by Gasteiger charge is 2.15. The van der Waals surface area contributed by atoms with Gasteiger partial charge in [0.05, 0.1) is 12.8 Å². The fraction of sp³-hybridized carbons (Fsp3) is 0.381. The Balaban J connectivity index is 0.00000243. The molecular formula is C21H28ClN3O. The molecule has 0 radical (unpaired) electrons. The number of nitrogens with zero attached hydrogens (tertiary/aromatic N) is 3. The standard InChI is InChI=1S/C21H27N3O.ClH/c1-3-25-21-7-5-4-6-20(21)16-22-24-14-12-23(13-15-24)17-19-10-8-18(2)9-11-19;/h4-11,16H,3,12-15,17H2,1-2H3;1H/b22-16+;. The molecule has 0 spiro atoms. The third-order valence-electron chi connectivity index (χ3n) is 4.45. The number of halogens is 1. The second kappa shape index (κ2) is 10.2. The quantitative estimate of drug-likeness (QED) is 0.717. The molecule has 1 saturated heterocycles. The summed E-state index contributed by atoms with van der Waals surface area (Å²) in [5, 5.41) is 6.80. The fourth-order valence-corrected chi connectivity index (χ4v) is 2.98. The monoisotopic (exact) mass is 373 g/mol. The maximum atomic E-state index is 5.65. The Labute approximate surface area is 162 Å². The van der Waals surface area contributed by atoms with E-state index in [1.54, 1.807) is 0 Å². The maximum absolute atomic E-state index is 5.65. The van der Waals surface area contributed by atoms with E-state index >= 15 is 0 Å². The molecule has 2 aromatic rings. The Bertz CT molecular complexity index is 695. The highest BCUT2D eigenvalue weighted by molar-refractivity contribution is 5.85. The van der Waals surface area contributed by atoms with Gasteiger partial charge in [-0.05, 0) is 31.5 Å². The summed E-state index contributed by atoms with van der Waals surface area (Å²) in [4.78, 5) is 2.49. The first-order chi connectivity index (χ1) is 12.2. The number of hydrazone groups is 1. The number of hydrogen-bond acceptors (Lipinski definition) is 4. The molecule has 0 N–H and O–H groups in total. The zero-order valence-corrected chi connectivity index (χ0v) is 16.4. The number of para-hydroxylation sites is 1. The van der Waals surface area contributed by atoms with E-state index in [9.17, 15) is 0 Å². The van der Waals surface area contributed by atoms with Crippen molar-refractivity contribution in [1.82, 2.24) is 9.91 Å². The molecule has 0 aliphatic carbocycles. The highest BCUT2D eigenvalue weighted by atomic mass is 35.5. The zero-order chi connectivity index (χ0) is 17.5. The molecule has 5 heteroatoms. The van der Waals surface area contributed by atoms with E-state index in [-0.39, 0.29) is 12.4 Å². The minimum Gasteiger partial charge on any atom is -0.493 e. The lowest BCUT2D eigenvalue weighted by atomic mass is 10.1. The maximum Gasteiger partial charge on any atom is 0.128 e. The van der Waals surface area contributed by atoms with E-state index in [0.717, 1.165) is 44.0 Å². The molecule has 0 atom stereocenters. The lowest BCUT2D eigenvalue weighted by molar-refractivity contribution is 0.131. The first-order valence-electron chi connectivity index (χ1n) is 9.03. The largest absolute Gasteiger partial charge is 0.493 e. The molecule has 1 heterocycles. The second-order valence-corrected chi connectivity index (χ2v) is 6.43. The zero-order valence-electron chi connectivity index (χ0n) is 15.6. The van der Waals surface area contributed by atoms with Gasteiger partial charge in [-0.3, -0.25) is 9.91 Å². The van der Waals surface area contributed by atoms with Crippen molar-refractivity contribution in [2.24, 2.45) is 5.10 Å². The summed E-state index contributed by atoms with van der Waals surface area (Å²) in [6.45, 7) is 9.81. The van der Waals surface area contributed by atoms with Crippen LogP contribution in [0.15, 0.2) is 53.6 Å². The van der Waals surface area contributed by atoms with Crippen molar-refractivity contribution in [2.75, 3.05) is 32.8 Å². The molecule has 1 aliphatic rings. The summed E-state index contributed by atoms with van der Waals surface area (Å²) in [5.74, 6) is 0.895. The summed E-state index contributed by atoms with van der Waals surface area (Å²) < 4.78 is 5.65. The molecule has 2 aromatic carbocycles. The number of aryl methyl sites for hydroxylation is 1. The molecule has 140 valence electrons. The Kier molecular flexibility index (Phi) is 7.95. The molecule has 1 aliphatic heterocycles. The summed E-state index contributed by atoms with van der Waals surface area (Å²) in [5.41, 5.74) is 3.73. The Morgan fingerprint density at radius 3 is 2.38 bits per heavy atom. The lowest BCUT2D eigenvalue weighted by Crippen LogP contribution is -2.43. The van der Waals surface area contributed by atoms with Gasteiger partial charge in [-0.2, -0.15) is 5.10 Å². The summed E-state index contributed by atoms with van der Waals surface area (Å²) >= 11 is 0. The normalized spacial score (nSPS) is 15.1. The lowest BCUT2D eigenvalue weighted by Gasteiger charge is -2.33. The smallest absolute Gasteiger partial charge is 0.128 e. The van der Waals surface area contributed by atoms with Gasteiger partial charge in [-0.15, -0.1) is 12.4 Å². The van der Waals surface area contributed by atoms with Crippen LogP contribution in [-0.2, 0) is 6.54 Å². The van der Waals surface area contributed by atoms with Gasteiger partial charge < -0.3 is 4.74 Å². The van der Waals surface area contributed by atoms with Gasteiger partial charge in [0.15, 0.2) is 0 Å². The number of piperazine rings is 1. The molecular weight excluding hydrogens is 346 g/mol. The van der Waals surface area contributed by atoms with Crippen molar-refractivity contribution in [1.29, 1.82) is 0 Å². The Morgan fingerprint density at radius 1 is 1.00 bits per heavy atom. The van der Waals surface area contributed by atoms with Crippen molar-refractivity contribution >= 4 is 18.6 Å². The number of ether oxygens (including phenoxy) is 1. The highest BCUT2D eigenvalue weighted by Crippen LogP contribution is 2.16. The molecule has 0 unspecified atom stereocenters. The topological polar surface area (TPSA) is 28.1 Å². The van der Waals surface area contributed by atoms with Crippen LogP contribution in [0.5, 0.6) is 5.75 Å². The summed E-state index contributed by atoms with van der Waals surface area (Å²) in [7, 11) is 0. The second-order valence-electron chi connectivity index (χ2n) is 6.43. The van der Waals surface area contributed by atoms with Crippen molar-refractivity contribution < 1.29 is 4.74 Å². The molecule has 3 rings (SSSR count). The third kappa shape index (κ3) is 5.75. The first kappa shape index (κ1) is 20.3. The molecule has 0 bridgehead atoms. The van der Waals surface area contributed by atoms with Crippen molar-refractivity contribution in [3.8, 4) is 5.75 Å². The molecule has 0 aromatic heterocycles. The van der Waals surface area contributed by atoms with Gasteiger partial charge in [0.2, 0.25) is 0 Å². The van der Waals surface area contributed by atoms with Crippen LogP contribution in [0.2, 0.25) is 0 Å². The summed E-state index contributed by atoms with van der Waals surface area (Å²) in [6.07, 6.45) is 1.92. The summed E-state index contributed by atoms with van der Waals surface area (Å²) in [6, 6.07) is 16.9. The van der Waals surface area contributed by atoms with Crippen LogP contribution >= 0.6 is 12.4 Å². The predicted octanol–water partition coefficient (Wildman–Crippen LogP) is 3.97. The van der Waals surface area contributed by atoms with E-state index in [4.69, 9.17) is 4.74 Å². The predicted molar refractivity (Wildman–Crippen MR) is 110 cm³/mol. The van der Waals surface area contributed by atoms with E-state index in [1.807, 2.05) is 37.4 Å². The van der Waals surface area contributed by atoms with Crippen LogP contribution in [-0.4, -0.2) is 48.9 Å². The number of benzene rings is 2. The van der Waals surface area contributed by atoms with Crippen molar-refractivity contribution in [3.05, 3.63) is 65.2 Å². The first-order valence-corrected chi connectivity index (χ1v) is 9.03. The van der Waals surface area contributed by atoms with E-state index < -0.39 is 0 Å². The molecule has 26 heavy (non-hydrogen) atoms. The minimum absolute atomic E-state index is 0. The van der Waals surface area contributed by atoms with Crippen molar-refractivity contribution in [2.45, 2.75) is 20.4 Å². The molecule has 1 fully saturated rings. The fourth-order valence-electron chi connectivity index (χ4n) is 2.98. The van der Waals surface area contributed by atoms with Crippen LogP contribution in [0.4, 0.5) is 0 Å². The Hall–Kier alpha value is -2.04. The van der Waals surface area contributed by atoms with Gasteiger partial charge in [-0.25, -0.2) is 0 Å². The van der Waals surface area contributed by atoms with Gasteiger partial charge in [-0.1, -0.05) is 42.0 Å². The van der Waals surface area contributed by atoms with Crippen LogP contribution in [0.25, 0.3) is 0 Å². The third-order valence-corrected chi connectivity index (χ3v) is 4.45. The van der Waals surface area contributed by atoms with Crippen molar-refractivity contribution in [3.63, 3.8) is 0 Å². The van der Waals surface area contributed by atoms with E-state index in [0.29, 0.717) is 6.61 Å². The number of hydrogen-bond donors (Lipinski definition) is 0. The van der Waals surface area contributed by atoms with Crippen LogP contribution in [0, 0.1) is 6.92 Å². The van der Waals surface area contributed by atoms with Gasteiger partial charge in [0.1, 0.15) is 5.75 Å². The van der Waals surface area contributed by atoms with Crippen LogP contribution in [0.1, 0.15) is 23.6 Å². The van der Waals surface area contributed by atoms with Crippen LogP contribution in [0.3, 0.4) is 0 Å². The van der Waals surface area contributed by atoms with Gasteiger partial charge >= 0.3 is 0 Å². The SMILES string of the molecule is CCOc1ccccc1/C=N/N1CCN(Cc2ccc(C)cc2)CC1.Cl. The minimum atomic E-state index is 0. The number of rotatable bonds is 6. The molecule has 4 nitrogen and oxygen atoms in total. The van der Waals surface area contributed by atoms with Gasteiger partial charge in [0.25, 0.3) is 0 Å². The molecule has 0 amide bonds. The average Bonchev–Trinajstić information content (AvgIpc) is 2.64.